The molecule has 0 aromatic carbocycles. The first-order valence-corrected chi connectivity index (χ1v) is 10.2. The van der Waals surface area contributed by atoms with Crippen molar-refractivity contribution in [1.29, 1.82) is 0 Å². The number of hydrogen-bond acceptors (Lipinski definition) is 7. The number of rotatable bonds is 4. The summed E-state index contributed by atoms with van der Waals surface area (Å²) in [5.41, 5.74) is 3.27. The Balaban J connectivity index is 1.68. The van der Waals surface area contributed by atoms with Gasteiger partial charge in [-0.05, 0) is 44.4 Å². The first-order valence-electron chi connectivity index (χ1n) is 9.34. The predicted molar refractivity (Wildman–Crippen MR) is 110 cm³/mol. The number of β-amino-alcohol motifs (C(OH)–C–C–N with tert-alkyl or cyclic N) is 1. The third kappa shape index (κ3) is 3.70. The van der Waals surface area contributed by atoms with Crippen molar-refractivity contribution in [2.75, 3.05) is 18.4 Å². The maximum absolute atomic E-state index is 13.1. The van der Waals surface area contributed by atoms with Crippen LogP contribution in [-0.2, 0) is 0 Å². The average molecular weight is 398 g/mol. The summed E-state index contributed by atoms with van der Waals surface area (Å²) in [6.45, 7) is 6.91. The molecule has 1 aliphatic heterocycles. The van der Waals surface area contributed by atoms with Gasteiger partial charge < -0.3 is 15.3 Å². The van der Waals surface area contributed by atoms with Crippen molar-refractivity contribution < 1.29 is 9.90 Å². The van der Waals surface area contributed by atoms with Crippen LogP contribution < -0.4 is 5.32 Å². The van der Waals surface area contributed by atoms with E-state index in [1.54, 1.807) is 4.90 Å². The molecule has 1 saturated heterocycles. The molecule has 4 rings (SSSR count). The Kier molecular flexibility index (Phi) is 4.99. The van der Waals surface area contributed by atoms with E-state index < -0.39 is 6.10 Å². The van der Waals surface area contributed by atoms with Gasteiger partial charge in [0, 0.05) is 30.4 Å². The number of nitrogens with zero attached hydrogens (tertiary/aromatic N) is 4. The van der Waals surface area contributed by atoms with Gasteiger partial charge in [0.1, 0.15) is 0 Å². The number of likely N-dealkylation sites (tertiary alicyclic amines) is 1. The summed E-state index contributed by atoms with van der Waals surface area (Å²) in [5, 5.41) is 13.1. The lowest BCUT2D eigenvalue weighted by Gasteiger charge is -2.18. The highest BCUT2D eigenvalue weighted by molar-refractivity contribution is 7.19. The van der Waals surface area contributed by atoms with E-state index in [-0.39, 0.29) is 11.9 Å². The Morgan fingerprint density at radius 3 is 2.86 bits per heavy atom. The van der Waals surface area contributed by atoms with Gasteiger partial charge in [-0.15, -0.1) is 11.3 Å². The standard InChI is InChI=1S/C20H23N5O2S/c1-11-6-14(9-21-8-11)13(3)22-20-23-16-7-12(2)28-18(16)17(24-20)19(27)25-5-4-15(26)10-25/h6-9,13,15,26H,4-5,10H2,1-3H3,(H,22,23,24). The second-order valence-corrected chi connectivity index (χ2v) is 8.58. The number of amides is 1. The fourth-order valence-corrected chi connectivity index (χ4v) is 4.36. The van der Waals surface area contributed by atoms with Gasteiger partial charge in [0.15, 0.2) is 5.69 Å². The van der Waals surface area contributed by atoms with E-state index in [0.29, 0.717) is 31.2 Å². The fraction of sp³-hybridized carbons (Fsp3) is 0.400. The molecule has 1 fully saturated rings. The van der Waals surface area contributed by atoms with Crippen molar-refractivity contribution in [1.82, 2.24) is 19.9 Å². The van der Waals surface area contributed by atoms with Crippen molar-refractivity contribution >= 4 is 33.4 Å². The number of carbonyl (C=O) groups excluding carboxylic acids is 1. The van der Waals surface area contributed by atoms with Crippen molar-refractivity contribution in [3.8, 4) is 0 Å². The average Bonchev–Trinajstić information content (AvgIpc) is 3.25. The maximum Gasteiger partial charge on any atom is 0.274 e. The van der Waals surface area contributed by atoms with E-state index in [9.17, 15) is 9.90 Å². The number of aryl methyl sites for hydroxylation is 2. The molecule has 0 saturated carbocycles. The molecule has 28 heavy (non-hydrogen) atoms. The number of aliphatic hydroxyl groups is 1. The zero-order valence-electron chi connectivity index (χ0n) is 16.1. The van der Waals surface area contributed by atoms with Crippen LogP contribution in [0.3, 0.4) is 0 Å². The molecule has 3 aromatic rings. The molecule has 8 heteroatoms. The first-order chi connectivity index (χ1) is 13.4. The SMILES string of the molecule is Cc1cncc(C(C)Nc2nc(C(=O)N3CCC(O)C3)c3sc(C)cc3n2)c1. The van der Waals surface area contributed by atoms with Crippen LogP contribution in [-0.4, -0.2) is 50.1 Å². The second-order valence-electron chi connectivity index (χ2n) is 7.32. The molecule has 0 aliphatic carbocycles. The lowest BCUT2D eigenvalue weighted by molar-refractivity contribution is 0.0761. The predicted octanol–water partition coefficient (Wildman–Crippen LogP) is 3.08. The van der Waals surface area contributed by atoms with Gasteiger partial charge in [0.25, 0.3) is 5.91 Å². The van der Waals surface area contributed by atoms with Crippen LogP contribution in [0.5, 0.6) is 0 Å². The smallest absolute Gasteiger partial charge is 0.274 e. The van der Waals surface area contributed by atoms with Crippen molar-refractivity contribution in [2.24, 2.45) is 0 Å². The van der Waals surface area contributed by atoms with E-state index in [2.05, 4.69) is 26.3 Å². The van der Waals surface area contributed by atoms with Crippen molar-refractivity contribution in [2.45, 2.75) is 39.3 Å². The molecular formula is C20H23N5O2S. The monoisotopic (exact) mass is 397 g/mol. The molecule has 1 amide bonds. The minimum atomic E-state index is -0.460. The van der Waals surface area contributed by atoms with Crippen LogP contribution in [0.2, 0.25) is 0 Å². The molecule has 1 aliphatic rings. The minimum absolute atomic E-state index is 0.0545. The third-order valence-corrected chi connectivity index (χ3v) is 5.94. The van der Waals surface area contributed by atoms with E-state index >= 15 is 0 Å². The van der Waals surface area contributed by atoms with Gasteiger partial charge in [0.05, 0.1) is 22.4 Å². The van der Waals surface area contributed by atoms with Crippen molar-refractivity contribution in [3.63, 3.8) is 0 Å². The van der Waals surface area contributed by atoms with Gasteiger partial charge >= 0.3 is 0 Å². The summed E-state index contributed by atoms with van der Waals surface area (Å²) in [6, 6.07) is 3.98. The zero-order valence-corrected chi connectivity index (χ0v) is 17.0. The quantitative estimate of drug-likeness (QED) is 0.703. The summed E-state index contributed by atoms with van der Waals surface area (Å²) in [5.74, 6) is 0.265. The Bertz CT molecular complexity index is 1030. The maximum atomic E-state index is 13.1. The highest BCUT2D eigenvalue weighted by Crippen LogP contribution is 2.29. The zero-order chi connectivity index (χ0) is 19.8. The summed E-state index contributed by atoms with van der Waals surface area (Å²) >= 11 is 1.52. The second kappa shape index (κ2) is 7.44. The number of aromatic nitrogens is 3. The lowest BCUT2D eigenvalue weighted by atomic mass is 10.1. The molecule has 2 atom stereocenters. The number of nitrogens with one attached hydrogen (secondary N) is 1. The number of carbonyl (C=O) groups is 1. The van der Waals surface area contributed by atoms with E-state index in [0.717, 1.165) is 26.2 Å². The molecule has 0 radical (unpaired) electrons. The third-order valence-electron chi connectivity index (χ3n) is 4.89. The normalized spacial score (nSPS) is 17.9. The van der Waals surface area contributed by atoms with Gasteiger partial charge in [-0.3, -0.25) is 9.78 Å². The first kappa shape index (κ1) is 18.8. The molecule has 0 spiro atoms. The summed E-state index contributed by atoms with van der Waals surface area (Å²) < 4.78 is 0.791. The van der Waals surface area contributed by atoms with Crippen molar-refractivity contribution in [3.05, 3.63) is 46.2 Å². The molecule has 2 unspecified atom stereocenters. The Morgan fingerprint density at radius 1 is 1.32 bits per heavy atom. The fourth-order valence-electron chi connectivity index (χ4n) is 3.43. The van der Waals surface area contributed by atoms with Crippen LogP contribution in [0.1, 0.15) is 45.9 Å². The summed E-state index contributed by atoms with van der Waals surface area (Å²) in [6.07, 6.45) is 3.77. The molecule has 2 N–H and O–H groups in total. The minimum Gasteiger partial charge on any atom is -0.391 e. The Hall–Kier alpha value is -2.58. The van der Waals surface area contributed by atoms with E-state index in [1.807, 2.05) is 39.2 Å². The largest absolute Gasteiger partial charge is 0.391 e. The van der Waals surface area contributed by atoms with Crippen LogP contribution in [0.4, 0.5) is 5.95 Å². The van der Waals surface area contributed by atoms with Gasteiger partial charge in [0.2, 0.25) is 5.95 Å². The van der Waals surface area contributed by atoms with Gasteiger partial charge in [-0.25, -0.2) is 9.97 Å². The molecule has 4 heterocycles. The Labute approximate surface area is 167 Å². The van der Waals surface area contributed by atoms with E-state index in [4.69, 9.17) is 0 Å². The number of aliphatic hydroxyl groups excluding tert-OH is 1. The lowest BCUT2D eigenvalue weighted by Crippen LogP contribution is -2.30. The van der Waals surface area contributed by atoms with Crippen LogP contribution in [0.15, 0.2) is 24.5 Å². The number of anilines is 1. The van der Waals surface area contributed by atoms with Crippen LogP contribution in [0.25, 0.3) is 10.2 Å². The van der Waals surface area contributed by atoms with Gasteiger partial charge in [-0.2, -0.15) is 0 Å². The highest BCUT2D eigenvalue weighted by atomic mass is 32.1. The van der Waals surface area contributed by atoms with Crippen LogP contribution >= 0.6 is 11.3 Å². The number of hydrogen-bond donors (Lipinski definition) is 2. The number of thiophene rings is 1. The Morgan fingerprint density at radius 2 is 2.14 bits per heavy atom. The number of fused-ring (bicyclic) bond motifs is 1. The summed E-state index contributed by atoms with van der Waals surface area (Å²) in [4.78, 5) is 29.2. The molecule has 3 aromatic heterocycles. The molecule has 146 valence electrons. The molecule has 0 bridgehead atoms. The number of pyridine rings is 1. The molecule has 7 nitrogen and oxygen atoms in total. The van der Waals surface area contributed by atoms with Crippen LogP contribution in [0, 0.1) is 13.8 Å². The topological polar surface area (TPSA) is 91.2 Å². The summed E-state index contributed by atoms with van der Waals surface area (Å²) in [7, 11) is 0. The highest BCUT2D eigenvalue weighted by Gasteiger charge is 2.28. The van der Waals surface area contributed by atoms with E-state index in [1.165, 1.54) is 11.3 Å². The van der Waals surface area contributed by atoms with Gasteiger partial charge in [-0.1, -0.05) is 6.07 Å². The molecular weight excluding hydrogens is 374 g/mol.